The number of carboxylic acid groups (broad SMARTS) is 1. The molecule has 0 unspecified atom stereocenters. The number of rotatable bonds is 9. The SMILES string of the molecule is O=C(CSc1cccc(NC(=O)c2ccccc2C(=O)O)c1)Nc1ccc(Oc2ccccc2)cc1. The zero-order valence-corrected chi connectivity index (χ0v) is 19.8. The van der Waals surface area contributed by atoms with E-state index in [1.165, 1.54) is 23.9 Å². The second-order valence-electron chi connectivity index (χ2n) is 7.61. The van der Waals surface area contributed by atoms with Crippen molar-refractivity contribution < 1.29 is 24.2 Å². The van der Waals surface area contributed by atoms with Crippen LogP contribution in [0.1, 0.15) is 20.7 Å². The summed E-state index contributed by atoms with van der Waals surface area (Å²) in [4.78, 5) is 37.2. The molecule has 0 aliphatic carbocycles. The molecular formula is C28H22N2O5S. The molecule has 4 aromatic rings. The third-order valence-electron chi connectivity index (χ3n) is 4.98. The van der Waals surface area contributed by atoms with Crippen LogP contribution in [0.25, 0.3) is 0 Å². The van der Waals surface area contributed by atoms with E-state index in [9.17, 15) is 19.5 Å². The van der Waals surface area contributed by atoms with Gasteiger partial charge in [-0.15, -0.1) is 11.8 Å². The van der Waals surface area contributed by atoms with Crippen molar-refractivity contribution in [2.24, 2.45) is 0 Å². The van der Waals surface area contributed by atoms with Crippen LogP contribution in [0, 0.1) is 0 Å². The van der Waals surface area contributed by atoms with E-state index in [0.717, 1.165) is 10.6 Å². The molecule has 0 spiro atoms. The van der Waals surface area contributed by atoms with E-state index in [2.05, 4.69) is 10.6 Å². The molecule has 0 fully saturated rings. The second-order valence-corrected chi connectivity index (χ2v) is 8.66. The standard InChI is InChI=1S/C28H22N2O5S/c31-26(29-19-13-15-22(16-14-19)35-21-8-2-1-3-9-21)18-36-23-10-6-7-20(17-23)30-27(32)24-11-4-5-12-25(24)28(33)34/h1-17H,18H2,(H,29,31)(H,30,32)(H,33,34). The number of benzene rings is 4. The summed E-state index contributed by atoms with van der Waals surface area (Å²) in [5, 5.41) is 14.9. The molecule has 0 aliphatic rings. The van der Waals surface area contributed by atoms with Gasteiger partial charge in [-0.25, -0.2) is 4.79 Å². The minimum Gasteiger partial charge on any atom is -0.478 e. The molecule has 0 atom stereocenters. The fraction of sp³-hybridized carbons (Fsp3) is 0.0357. The minimum absolute atomic E-state index is 0.0719. The third-order valence-corrected chi connectivity index (χ3v) is 5.97. The van der Waals surface area contributed by atoms with E-state index >= 15 is 0 Å². The fourth-order valence-corrected chi connectivity index (χ4v) is 4.06. The Hall–Kier alpha value is -4.56. The molecule has 0 saturated carbocycles. The van der Waals surface area contributed by atoms with Crippen molar-refractivity contribution in [1.82, 2.24) is 0 Å². The molecule has 0 radical (unpaired) electrons. The fourth-order valence-electron chi connectivity index (χ4n) is 3.31. The lowest BCUT2D eigenvalue weighted by Gasteiger charge is -2.10. The summed E-state index contributed by atoms with van der Waals surface area (Å²) in [6.45, 7) is 0. The molecule has 3 N–H and O–H groups in total. The number of carbonyl (C=O) groups excluding carboxylic acids is 2. The van der Waals surface area contributed by atoms with Gasteiger partial charge in [0.05, 0.1) is 16.9 Å². The maximum Gasteiger partial charge on any atom is 0.336 e. The Labute approximate surface area is 212 Å². The average molecular weight is 499 g/mol. The van der Waals surface area contributed by atoms with Crippen molar-refractivity contribution in [2.75, 3.05) is 16.4 Å². The molecule has 0 bridgehead atoms. The van der Waals surface area contributed by atoms with Crippen LogP contribution in [0.2, 0.25) is 0 Å². The van der Waals surface area contributed by atoms with E-state index in [1.807, 2.05) is 36.4 Å². The van der Waals surface area contributed by atoms with Crippen LogP contribution in [0.4, 0.5) is 11.4 Å². The van der Waals surface area contributed by atoms with Gasteiger partial charge in [0, 0.05) is 16.3 Å². The molecule has 0 aliphatic heterocycles. The molecule has 7 nitrogen and oxygen atoms in total. The predicted octanol–water partition coefficient (Wildman–Crippen LogP) is 6.16. The number of carboxylic acids is 1. The number of nitrogens with one attached hydrogen (secondary N) is 2. The first-order valence-corrected chi connectivity index (χ1v) is 12.0. The monoisotopic (exact) mass is 498 g/mol. The number of para-hydroxylation sites is 1. The first-order valence-electron chi connectivity index (χ1n) is 11.0. The Morgan fingerprint density at radius 1 is 0.694 bits per heavy atom. The van der Waals surface area contributed by atoms with Gasteiger partial charge in [-0.3, -0.25) is 9.59 Å². The number of aromatic carboxylic acids is 1. The highest BCUT2D eigenvalue weighted by Gasteiger charge is 2.16. The minimum atomic E-state index is -1.17. The normalized spacial score (nSPS) is 10.3. The number of thioether (sulfide) groups is 1. The summed E-state index contributed by atoms with van der Waals surface area (Å²) < 4.78 is 5.75. The zero-order valence-electron chi connectivity index (χ0n) is 19.0. The molecule has 180 valence electrons. The van der Waals surface area contributed by atoms with Crippen molar-refractivity contribution in [2.45, 2.75) is 4.90 Å². The zero-order chi connectivity index (χ0) is 25.3. The van der Waals surface area contributed by atoms with Crippen molar-refractivity contribution in [3.05, 3.63) is 114 Å². The molecule has 0 aromatic heterocycles. The number of hydrogen-bond acceptors (Lipinski definition) is 5. The van der Waals surface area contributed by atoms with Gasteiger partial charge in [-0.2, -0.15) is 0 Å². The summed E-state index contributed by atoms with van der Waals surface area (Å²) in [6, 6.07) is 29.6. The number of hydrogen-bond donors (Lipinski definition) is 3. The first kappa shape index (κ1) is 24.6. The molecule has 2 amide bonds. The third kappa shape index (κ3) is 6.74. The van der Waals surface area contributed by atoms with Gasteiger partial charge >= 0.3 is 5.97 Å². The number of carbonyl (C=O) groups is 3. The predicted molar refractivity (Wildman–Crippen MR) is 140 cm³/mol. The largest absolute Gasteiger partial charge is 0.478 e. The van der Waals surface area contributed by atoms with Crippen LogP contribution < -0.4 is 15.4 Å². The highest BCUT2D eigenvalue weighted by molar-refractivity contribution is 8.00. The lowest BCUT2D eigenvalue weighted by molar-refractivity contribution is -0.113. The molecule has 8 heteroatoms. The topological polar surface area (TPSA) is 105 Å². The molecule has 4 aromatic carbocycles. The average Bonchev–Trinajstić information content (AvgIpc) is 2.89. The second kappa shape index (κ2) is 11.7. The van der Waals surface area contributed by atoms with Gasteiger partial charge < -0.3 is 20.5 Å². The van der Waals surface area contributed by atoms with Gasteiger partial charge in [0.25, 0.3) is 5.91 Å². The van der Waals surface area contributed by atoms with Crippen LogP contribution in [0.5, 0.6) is 11.5 Å². The molecule has 0 saturated heterocycles. The van der Waals surface area contributed by atoms with E-state index in [4.69, 9.17) is 4.74 Å². The van der Waals surface area contributed by atoms with Crippen LogP contribution in [0.3, 0.4) is 0 Å². The smallest absolute Gasteiger partial charge is 0.336 e. The van der Waals surface area contributed by atoms with E-state index in [1.54, 1.807) is 54.6 Å². The van der Waals surface area contributed by atoms with Gasteiger partial charge in [-0.1, -0.05) is 36.4 Å². The summed E-state index contributed by atoms with van der Waals surface area (Å²) in [6.07, 6.45) is 0. The van der Waals surface area contributed by atoms with Crippen molar-refractivity contribution in [3.63, 3.8) is 0 Å². The number of ether oxygens (including phenoxy) is 1. The van der Waals surface area contributed by atoms with Crippen LogP contribution in [-0.4, -0.2) is 28.6 Å². The molecule has 0 heterocycles. The Kier molecular flexibility index (Phi) is 8.00. The van der Waals surface area contributed by atoms with Crippen molar-refractivity contribution in [1.29, 1.82) is 0 Å². The Morgan fingerprint density at radius 3 is 2.08 bits per heavy atom. The van der Waals surface area contributed by atoms with Gasteiger partial charge in [0.2, 0.25) is 5.91 Å². The summed E-state index contributed by atoms with van der Waals surface area (Å²) in [5.41, 5.74) is 1.15. The van der Waals surface area contributed by atoms with E-state index in [-0.39, 0.29) is 22.8 Å². The van der Waals surface area contributed by atoms with Crippen LogP contribution in [0.15, 0.2) is 108 Å². The summed E-state index contributed by atoms with van der Waals surface area (Å²) >= 11 is 1.32. The summed E-state index contributed by atoms with van der Waals surface area (Å²) in [5.74, 6) is -0.307. The highest BCUT2D eigenvalue weighted by Crippen LogP contribution is 2.25. The molecular weight excluding hydrogens is 476 g/mol. The van der Waals surface area contributed by atoms with Gasteiger partial charge in [0.15, 0.2) is 0 Å². The van der Waals surface area contributed by atoms with Gasteiger partial charge in [-0.05, 0) is 66.7 Å². The van der Waals surface area contributed by atoms with Gasteiger partial charge in [0.1, 0.15) is 11.5 Å². The molecule has 4 rings (SSSR count). The number of anilines is 2. The van der Waals surface area contributed by atoms with E-state index < -0.39 is 11.9 Å². The Balaban J connectivity index is 1.30. The maximum atomic E-state index is 12.6. The number of amides is 2. The first-order chi connectivity index (χ1) is 17.5. The lowest BCUT2D eigenvalue weighted by Crippen LogP contribution is -2.16. The van der Waals surface area contributed by atoms with Crippen molar-refractivity contribution in [3.8, 4) is 11.5 Å². The Bertz CT molecular complexity index is 1370. The highest BCUT2D eigenvalue weighted by atomic mass is 32.2. The molecule has 36 heavy (non-hydrogen) atoms. The lowest BCUT2D eigenvalue weighted by atomic mass is 10.1. The van der Waals surface area contributed by atoms with Crippen LogP contribution >= 0.6 is 11.8 Å². The Morgan fingerprint density at radius 2 is 1.36 bits per heavy atom. The van der Waals surface area contributed by atoms with E-state index in [0.29, 0.717) is 17.1 Å². The maximum absolute atomic E-state index is 12.6. The quantitative estimate of drug-likeness (QED) is 0.239. The van der Waals surface area contributed by atoms with Crippen molar-refractivity contribution >= 4 is 40.9 Å². The summed E-state index contributed by atoms with van der Waals surface area (Å²) in [7, 11) is 0. The van der Waals surface area contributed by atoms with Crippen LogP contribution in [-0.2, 0) is 4.79 Å².